The van der Waals surface area contributed by atoms with Crippen LogP contribution < -0.4 is 4.90 Å². The molecule has 0 radical (unpaired) electrons. The van der Waals surface area contributed by atoms with E-state index >= 15 is 0 Å². The summed E-state index contributed by atoms with van der Waals surface area (Å²) in [4.78, 5) is 18.5. The molecule has 2 aliphatic rings. The Labute approximate surface area is 95.5 Å². The van der Waals surface area contributed by atoms with E-state index in [1.54, 1.807) is 0 Å². The number of aromatic nitrogens is 1. The van der Waals surface area contributed by atoms with Crippen LogP contribution in [0.1, 0.15) is 25.5 Å². The summed E-state index contributed by atoms with van der Waals surface area (Å²) in [5, 5.41) is 0. The van der Waals surface area contributed by atoms with Crippen LogP contribution in [0.5, 0.6) is 0 Å². The molecule has 84 valence electrons. The second kappa shape index (κ2) is 3.58. The van der Waals surface area contributed by atoms with Gasteiger partial charge in [-0.05, 0) is 37.3 Å². The zero-order chi connectivity index (χ0) is 11.1. The third-order valence-corrected chi connectivity index (χ3v) is 3.65. The van der Waals surface area contributed by atoms with Crippen LogP contribution in [0.4, 0.5) is 5.69 Å². The Morgan fingerprint density at radius 1 is 1.56 bits per heavy atom. The minimum absolute atomic E-state index is 0.270. The maximum atomic E-state index is 12.2. The van der Waals surface area contributed by atoms with Crippen molar-refractivity contribution in [3.8, 4) is 0 Å². The molecule has 1 aromatic rings. The van der Waals surface area contributed by atoms with Crippen molar-refractivity contribution < 1.29 is 4.79 Å². The van der Waals surface area contributed by atoms with Crippen molar-refractivity contribution in [2.24, 2.45) is 11.8 Å². The molecule has 1 fully saturated rings. The molecule has 16 heavy (non-hydrogen) atoms. The SMILES string of the molecule is C[C@H]1C[C@H]1C(=O)N1CCCc2ncccc21. The Kier molecular flexibility index (Phi) is 2.20. The maximum absolute atomic E-state index is 12.2. The number of amides is 1. The first-order valence-electron chi connectivity index (χ1n) is 6.02. The monoisotopic (exact) mass is 216 g/mol. The van der Waals surface area contributed by atoms with Crippen molar-refractivity contribution in [3.05, 3.63) is 24.0 Å². The minimum atomic E-state index is 0.270. The molecule has 1 saturated carbocycles. The molecule has 2 atom stereocenters. The maximum Gasteiger partial charge on any atom is 0.230 e. The summed E-state index contributed by atoms with van der Waals surface area (Å²) in [6.07, 6.45) is 4.91. The van der Waals surface area contributed by atoms with E-state index < -0.39 is 0 Å². The number of anilines is 1. The van der Waals surface area contributed by atoms with Gasteiger partial charge in [0.05, 0.1) is 11.4 Å². The first-order chi connectivity index (χ1) is 7.77. The standard InChI is InChI=1S/C13H16N2O/c1-9-8-10(9)13(16)15-7-3-4-11-12(15)5-2-6-14-11/h2,5-6,9-10H,3-4,7-8H2,1H3/t9-,10+/m0/s1. The Morgan fingerprint density at radius 3 is 3.12 bits per heavy atom. The van der Waals surface area contributed by atoms with Gasteiger partial charge in [-0.15, -0.1) is 0 Å². The normalized spacial score (nSPS) is 27.4. The molecule has 0 N–H and O–H groups in total. The fourth-order valence-corrected chi connectivity index (χ4v) is 2.49. The van der Waals surface area contributed by atoms with Crippen molar-refractivity contribution in [2.45, 2.75) is 26.2 Å². The molecule has 0 unspecified atom stereocenters. The Morgan fingerprint density at radius 2 is 2.38 bits per heavy atom. The molecule has 3 nitrogen and oxygen atoms in total. The Balaban J connectivity index is 1.90. The number of rotatable bonds is 1. The predicted molar refractivity (Wildman–Crippen MR) is 62.2 cm³/mol. The van der Waals surface area contributed by atoms with Gasteiger partial charge in [0, 0.05) is 18.7 Å². The smallest absolute Gasteiger partial charge is 0.230 e. The summed E-state index contributed by atoms with van der Waals surface area (Å²) < 4.78 is 0. The van der Waals surface area contributed by atoms with Crippen LogP contribution in [0, 0.1) is 11.8 Å². The van der Waals surface area contributed by atoms with Crippen LogP contribution in [0.15, 0.2) is 18.3 Å². The zero-order valence-electron chi connectivity index (χ0n) is 9.52. The lowest BCUT2D eigenvalue weighted by Crippen LogP contribution is -2.37. The largest absolute Gasteiger partial charge is 0.310 e. The summed E-state index contributed by atoms with van der Waals surface area (Å²) in [5.41, 5.74) is 2.12. The molecule has 3 heteroatoms. The number of hydrogen-bond donors (Lipinski definition) is 0. The second-order valence-corrected chi connectivity index (χ2v) is 4.88. The number of hydrogen-bond acceptors (Lipinski definition) is 2. The predicted octanol–water partition coefficient (Wildman–Crippen LogP) is 2.02. The van der Waals surface area contributed by atoms with E-state index in [1.165, 1.54) is 0 Å². The van der Waals surface area contributed by atoms with Crippen molar-refractivity contribution >= 4 is 11.6 Å². The highest BCUT2D eigenvalue weighted by Gasteiger charge is 2.42. The summed E-state index contributed by atoms with van der Waals surface area (Å²) in [6.45, 7) is 3.01. The second-order valence-electron chi connectivity index (χ2n) is 4.88. The van der Waals surface area contributed by atoms with E-state index in [4.69, 9.17) is 0 Å². The highest BCUT2D eigenvalue weighted by molar-refractivity contribution is 5.97. The Hall–Kier alpha value is -1.38. The van der Waals surface area contributed by atoms with Gasteiger partial charge in [0.15, 0.2) is 0 Å². The van der Waals surface area contributed by atoms with Gasteiger partial charge in [0.1, 0.15) is 0 Å². The molecule has 2 heterocycles. The number of nitrogens with zero attached hydrogens (tertiary/aromatic N) is 2. The van der Waals surface area contributed by atoms with Gasteiger partial charge in [-0.2, -0.15) is 0 Å². The van der Waals surface area contributed by atoms with Crippen molar-refractivity contribution in [1.29, 1.82) is 0 Å². The lowest BCUT2D eigenvalue weighted by atomic mass is 10.1. The molecule has 1 aliphatic carbocycles. The van der Waals surface area contributed by atoms with Crippen LogP contribution in [0.25, 0.3) is 0 Å². The third kappa shape index (κ3) is 1.51. The van der Waals surface area contributed by atoms with Crippen LogP contribution in [0.2, 0.25) is 0 Å². The number of carbonyl (C=O) groups excluding carboxylic acids is 1. The van der Waals surface area contributed by atoms with Gasteiger partial charge in [0.2, 0.25) is 5.91 Å². The topological polar surface area (TPSA) is 33.2 Å². The summed E-state index contributed by atoms with van der Waals surface area (Å²) in [6, 6.07) is 3.94. The molecule has 1 aliphatic heterocycles. The number of pyridine rings is 1. The average Bonchev–Trinajstić information content (AvgIpc) is 3.05. The highest BCUT2D eigenvalue weighted by atomic mass is 16.2. The summed E-state index contributed by atoms with van der Waals surface area (Å²) in [5.74, 6) is 1.15. The fraction of sp³-hybridized carbons (Fsp3) is 0.538. The minimum Gasteiger partial charge on any atom is -0.310 e. The molecule has 1 aromatic heterocycles. The van der Waals surface area contributed by atoms with E-state index in [1.807, 2.05) is 23.2 Å². The Bertz CT molecular complexity index is 430. The molecule has 1 amide bonds. The molecule has 0 aromatic carbocycles. The van der Waals surface area contributed by atoms with E-state index in [9.17, 15) is 4.79 Å². The molecule has 3 rings (SSSR count). The zero-order valence-corrected chi connectivity index (χ0v) is 9.52. The lowest BCUT2D eigenvalue weighted by Gasteiger charge is -2.28. The van der Waals surface area contributed by atoms with E-state index in [-0.39, 0.29) is 5.92 Å². The summed E-state index contributed by atoms with van der Waals surface area (Å²) >= 11 is 0. The quantitative estimate of drug-likeness (QED) is 0.719. The lowest BCUT2D eigenvalue weighted by molar-refractivity contribution is -0.120. The van der Waals surface area contributed by atoms with Crippen molar-refractivity contribution in [1.82, 2.24) is 4.98 Å². The molecule has 0 bridgehead atoms. The molecular formula is C13H16N2O. The van der Waals surface area contributed by atoms with Gasteiger partial charge in [-0.1, -0.05) is 6.92 Å². The van der Waals surface area contributed by atoms with E-state index in [0.717, 1.165) is 37.2 Å². The van der Waals surface area contributed by atoms with Crippen molar-refractivity contribution in [3.63, 3.8) is 0 Å². The van der Waals surface area contributed by atoms with Gasteiger partial charge < -0.3 is 4.90 Å². The molecule has 0 spiro atoms. The average molecular weight is 216 g/mol. The van der Waals surface area contributed by atoms with Gasteiger partial charge in [-0.3, -0.25) is 9.78 Å². The van der Waals surface area contributed by atoms with Gasteiger partial charge in [-0.25, -0.2) is 0 Å². The van der Waals surface area contributed by atoms with Gasteiger partial charge in [0.25, 0.3) is 0 Å². The van der Waals surface area contributed by atoms with Crippen LogP contribution in [-0.4, -0.2) is 17.4 Å². The van der Waals surface area contributed by atoms with Crippen molar-refractivity contribution in [2.75, 3.05) is 11.4 Å². The van der Waals surface area contributed by atoms with Crippen LogP contribution in [0.3, 0.4) is 0 Å². The molecule has 0 saturated heterocycles. The highest BCUT2D eigenvalue weighted by Crippen LogP contribution is 2.41. The van der Waals surface area contributed by atoms with Gasteiger partial charge >= 0.3 is 0 Å². The summed E-state index contributed by atoms with van der Waals surface area (Å²) in [7, 11) is 0. The van der Waals surface area contributed by atoms with Crippen LogP contribution in [-0.2, 0) is 11.2 Å². The van der Waals surface area contributed by atoms with E-state index in [0.29, 0.717) is 11.8 Å². The molecular weight excluding hydrogens is 200 g/mol. The third-order valence-electron chi connectivity index (χ3n) is 3.65. The fourth-order valence-electron chi connectivity index (χ4n) is 2.49. The first kappa shape index (κ1) is 9.82. The van der Waals surface area contributed by atoms with E-state index in [2.05, 4.69) is 11.9 Å². The number of fused-ring (bicyclic) bond motifs is 1. The number of carbonyl (C=O) groups is 1. The van der Waals surface area contributed by atoms with Crippen LogP contribution >= 0.6 is 0 Å². The number of aryl methyl sites for hydroxylation is 1. The first-order valence-corrected chi connectivity index (χ1v) is 6.02.